The van der Waals surface area contributed by atoms with E-state index in [1.807, 2.05) is 6.07 Å². The van der Waals surface area contributed by atoms with Gasteiger partial charge in [-0.2, -0.15) is 5.26 Å². The first kappa shape index (κ1) is 15.0. The minimum Gasteiger partial charge on any atom is -0.453 e. The molecule has 0 amide bonds. The normalized spacial score (nSPS) is 10.1. The van der Waals surface area contributed by atoms with Crippen LogP contribution in [-0.2, 0) is 6.54 Å². The summed E-state index contributed by atoms with van der Waals surface area (Å²) in [6.45, 7) is 3.72. The molecular formula is C17H17FN2O. The van der Waals surface area contributed by atoms with Crippen molar-refractivity contribution in [2.45, 2.75) is 19.9 Å². The number of para-hydroxylation sites is 1. The molecule has 0 aromatic heterocycles. The minimum atomic E-state index is -0.449. The molecule has 0 spiro atoms. The van der Waals surface area contributed by atoms with Crippen molar-refractivity contribution < 1.29 is 9.13 Å². The van der Waals surface area contributed by atoms with E-state index in [0.717, 1.165) is 18.5 Å². The molecule has 0 aliphatic carbocycles. The molecule has 2 aromatic carbocycles. The zero-order valence-corrected chi connectivity index (χ0v) is 11.9. The van der Waals surface area contributed by atoms with Gasteiger partial charge in [-0.05, 0) is 42.8 Å². The maximum Gasteiger partial charge on any atom is 0.165 e. The SMILES string of the molecule is CCCNCc1ccc(Oc2ccccc2F)c(C#N)c1. The van der Waals surface area contributed by atoms with Crippen LogP contribution in [0.2, 0.25) is 0 Å². The van der Waals surface area contributed by atoms with E-state index < -0.39 is 5.82 Å². The molecule has 108 valence electrons. The Balaban J connectivity index is 2.17. The van der Waals surface area contributed by atoms with Crippen LogP contribution < -0.4 is 10.1 Å². The molecule has 0 unspecified atom stereocenters. The Morgan fingerprint density at radius 2 is 2.00 bits per heavy atom. The molecule has 0 fully saturated rings. The van der Waals surface area contributed by atoms with Crippen LogP contribution in [0.5, 0.6) is 11.5 Å². The van der Waals surface area contributed by atoms with Crippen LogP contribution in [0.25, 0.3) is 0 Å². The van der Waals surface area contributed by atoms with E-state index in [-0.39, 0.29) is 5.75 Å². The van der Waals surface area contributed by atoms with Crippen LogP contribution in [-0.4, -0.2) is 6.54 Å². The first-order chi connectivity index (χ1) is 10.2. The molecule has 2 rings (SSSR count). The quantitative estimate of drug-likeness (QED) is 0.816. The Bertz CT molecular complexity index is 649. The highest BCUT2D eigenvalue weighted by Crippen LogP contribution is 2.27. The summed E-state index contributed by atoms with van der Waals surface area (Å²) in [6, 6.07) is 13.6. The average molecular weight is 284 g/mol. The molecular weight excluding hydrogens is 267 g/mol. The van der Waals surface area contributed by atoms with Crippen LogP contribution in [0.1, 0.15) is 24.5 Å². The number of rotatable bonds is 6. The number of ether oxygens (including phenoxy) is 1. The van der Waals surface area contributed by atoms with E-state index in [2.05, 4.69) is 18.3 Å². The lowest BCUT2D eigenvalue weighted by Gasteiger charge is -2.10. The Labute approximate surface area is 124 Å². The van der Waals surface area contributed by atoms with E-state index in [1.54, 1.807) is 24.3 Å². The topological polar surface area (TPSA) is 45.0 Å². The van der Waals surface area contributed by atoms with Gasteiger partial charge in [0.15, 0.2) is 11.6 Å². The van der Waals surface area contributed by atoms with Gasteiger partial charge < -0.3 is 10.1 Å². The molecule has 1 N–H and O–H groups in total. The highest BCUT2D eigenvalue weighted by molar-refractivity contribution is 5.47. The molecule has 2 aromatic rings. The number of hydrogen-bond donors (Lipinski definition) is 1. The average Bonchev–Trinajstić information content (AvgIpc) is 2.51. The highest BCUT2D eigenvalue weighted by Gasteiger charge is 2.09. The third-order valence-electron chi connectivity index (χ3n) is 2.98. The summed E-state index contributed by atoms with van der Waals surface area (Å²) in [5.41, 5.74) is 1.40. The lowest BCUT2D eigenvalue weighted by atomic mass is 10.1. The van der Waals surface area contributed by atoms with E-state index in [9.17, 15) is 9.65 Å². The Morgan fingerprint density at radius 3 is 2.71 bits per heavy atom. The van der Waals surface area contributed by atoms with Crippen molar-refractivity contribution in [2.24, 2.45) is 0 Å². The molecule has 0 heterocycles. The largest absolute Gasteiger partial charge is 0.453 e. The summed E-state index contributed by atoms with van der Waals surface area (Å²) >= 11 is 0. The second kappa shape index (κ2) is 7.41. The summed E-state index contributed by atoms with van der Waals surface area (Å²) < 4.78 is 19.1. The number of benzene rings is 2. The number of halogens is 1. The lowest BCUT2D eigenvalue weighted by molar-refractivity contribution is 0.441. The van der Waals surface area contributed by atoms with E-state index in [4.69, 9.17) is 4.74 Å². The van der Waals surface area contributed by atoms with Gasteiger partial charge in [-0.1, -0.05) is 25.1 Å². The van der Waals surface area contributed by atoms with Crippen molar-refractivity contribution in [3.8, 4) is 17.6 Å². The maximum absolute atomic E-state index is 13.6. The molecule has 3 nitrogen and oxygen atoms in total. The summed E-state index contributed by atoms with van der Waals surface area (Å²) in [5.74, 6) is 0.0304. The predicted molar refractivity (Wildman–Crippen MR) is 79.6 cm³/mol. The van der Waals surface area contributed by atoms with Gasteiger partial charge in [0.05, 0.1) is 5.56 Å². The number of nitrogens with zero attached hydrogens (tertiary/aromatic N) is 1. The summed E-state index contributed by atoms with van der Waals surface area (Å²) in [5, 5.41) is 12.5. The smallest absolute Gasteiger partial charge is 0.165 e. The van der Waals surface area contributed by atoms with E-state index >= 15 is 0 Å². The number of nitrogens with one attached hydrogen (secondary N) is 1. The summed E-state index contributed by atoms with van der Waals surface area (Å²) in [6.07, 6.45) is 1.06. The number of nitriles is 1. The molecule has 0 saturated heterocycles. The van der Waals surface area contributed by atoms with E-state index in [1.165, 1.54) is 12.1 Å². The lowest BCUT2D eigenvalue weighted by Crippen LogP contribution is -2.13. The van der Waals surface area contributed by atoms with Crippen LogP contribution in [0.4, 0.5) is 4.39 Å². The summed E-state index contributed by atoms with van der Waals surface area (Å²) in [4.78, 5) is 0. The zero-order chi connectivity index (χ0) is 15.1. The van der Waals surface area contributed by atoms with Crippen molar-refractivity contribution >= 4 is 0 Å². The van der Waals surface area contributed by atoms with Gasteiger partial charge in [-0.15, -0.1) is 0 Å². The zero-order valence-electron chi connectivity index (χ0n) is 11.9. The molecule has 0 atom stereocenters. The molecule has 0 aliphatic rings. The molecule has 0 bridgehead atoms. The van der Waals surface area contributed by atoms with Crippen molar-refractivity contribution in [2.75, 3.05) is 6.54 Å². The monoisotopic (exact) mass is 284 g/mol. The second-order valence-electron chi connectivity index (χ2n) is 4.65. The first-order valence-electron chi connectivity index (χ1n) is 6.90. The molecule has 0 aliphatic heterocycles. The van der Waals surface area contributed by atoms with Gasteiger partial charge in [-0.25, -0.2) is 4.39 Å². The Hall–Kier alpha value is -2.38. The Morgan fingerprint density at radius 1 is 1.19 bits per heavy atom. The summed E-state index contributed by atoms with van der Waals surface area (Å²) in [7, 11) is 0. The van der Waals surface area contributed by atoms with Crippen LogP contribution in [0, 0.1) is 17.1 Å². The first-order valence-corrected chi connectivity index (χ1v) is 6.90. The van der Waals surface area contributed by atoms with Gasteiger partial charge in [0.1, 0.15) is 11.8 Å². The van der Waals surface area contributed by atoms with Crippen molar-refractivity contribution in [3.05, 3.63) is 59.4 Å². The number of hydrogen-bond acceptors (Lipinski definition) is 3. The fourth-order valence-electron chi connectivity index (χ4n) is 1.92. The Kier molecular flexibility index (Phi) is 5.30. The van der Waals surface area contributed by atoms with Gasteiger partial charge in [0.2, 0.25) is 0 Å². The predicted octanol–water partition coefficient (Wildman–Crippen LogP) is 3.99. The molecule has 21 heavy (non-hydrogen) atoms. The highest BCUT2D eigenvalue weighted by atomic mass is 19.1. The van der Waals surface area contributed by atoms with Gasteiger partial charge in [-0.3, -0.25) is 0 Å². The van der Waals surface area contributed by atoms with Gasteiger partial charge >= 0.3 is 0 Å². The third kappa shape index (κ3) is 4.04. The van der Waals surface area contributed by atoms with Gasteiger partial charge in [0.25, 0.3) is 0 Å². The molecule has 0 radical (unpaired) electrons. The van der Waals surface area contributed by atoms with Crippen molar-refractivity contribution in [3.63, 3.8) is 0 Å². The van der Waals surface area contributed by atoms with Crippen molar-refractivity contribution in [1.29, 1.82) is 5.26 Å². The fourth-order valence-corrected chi connectivity index (χ4v) is 1.92. The van der Waals surface area contributed by atoms with Crippen LogP contribution >= 0.6 is 0 Å². The van der Waals surface area contributed by atoms with Gasteiger partial charge in [0, 0.05) is 6.54 Å². The second-order valence-corrected chi connectivity index (χ2v) is 4.65. The minimum absolute atomic E-state index is 0.117. The molecule has 4 heteroatoms. The maximum atomic E-state index is 13.6. The van der Waals surface area contributed by atoms with Crippen LogP contribution in [0.15, 0.2) is 42.5 Å². The van der Waals surface area contributed by atoms with E-state index in [0.29, 0.717) is 17.9 Å². The van der Waals surface area contributed by atoms with Crippen molar-refractivity contribution in [1.82, 2.24) is 5.32 Å². The molecule has 0 saturated carbocycles. The third-order valence-corrected chi connectivity index (χ3v) is 2.98. The fraction of sp³-hybridized carbons (Fsp3) is 0.235. The van der Waals surface area contributed by atoms with Crippen LogP contribution in [0.3, 0.4) is 0 Å². The standard InChI is InChI=1S/C17H17FN2O/c1-2-9-20-12-13-7-8-16(14(10-13)11-19)21-17-6-4-3-5-15(17)18/h3-8,10,20H,2,9,12H2,1H3.